The Morgan fingerprint density at radius 1 is 1.32 bits per heavy atom. The number of benzene rings is 1. The summed E-state index contributed by atoms with van der Waals surface area (Å²) < 4.78 is 0. The van der Waals surface area contributed by atoms with Crippen LogP contribution in [0.1, 0.15) is 23.2 Å². The van der Waals surface area contributed by atoms with Crippen molar-refractivity contribution < 1.29 is 4.79 Å². The molecule has 1 aromatic rings. The van der Waals surface area contributed by atoms with Crippen LogP contribution in [-0.4, -0.2) is 47.9 Å². The Bertz CT molecular complexity index is 505. The molecule has 2 fully saturated rings. The monoisotopic (exact) mass is 279 g/mol. The van der Waals surface area contributed by atoms with E-state index in [9.17, 15) is 4.79 Å². The fourth-order valence-electron chi connectivity index (χ4n) is 3.02. The van der Waals surface area contributed by atoms with Crippen LogP contribution in [0.25, 0.3) is 0 Å². The third kappa shape index (κ3) is 2.42. The van der Waals surface area contributed by atoms with E-state index in [0.29, 0.717) is 22.3 Å². The summed E-state index contributed by atoms with van der Waals surface area (Å²) in [7, 11) is 0. The van der Waals surface area contributed by atoms with Crippen molar-refractivity contribution in [2.45, 2.75) is 18.9 Å². The number of fused-ring (bicyclic) bond motifs is 1. The van der Waals surface area contributed by atoms with Crippen LogP contribution in [0.5, 0.6) is 0 Å². The highest BCUT2D eigenvalue weighted by Gasteiger charge is 2.32. The maximum Gasteiger partial charge on any atom is 0.254 e. The normalized spacial score (nSPS) is 23.4. The summed E-state index contributed by atoms with van der Waals surface area (Å²) >= 11 is 5.98. The maximum atomic E-state index is 12.5. The van der Waals surface area contributed by atoms with Gasteiger partial charge in [-0.1, -0.05) is 11.6 Å². The Morgan fingerprint density at radius 2 is 2.16 bits per heavy atom. The molecule has 0 radical (unpaired) electrons. The molecule has 4 nitrogen and oxygen atoms in total. The molecule has 2 aliphatic heterocycles. The van der Waals surface area contributed by atoms with Crippen molar-refractivity contribution in [1.29, 1.82) is 0 Å². The standard InChI is InChI=1S/C14H18ClN3O/c15-12-8-10(3-4-13(12)16)14(19)18-7-6-17-5-1-2-11(17)9-18/h3-4,8,11H,1-2,5-7,9,16H2. The minimum absolute atomic E-state index is 0.0634. The number of amides is 1. The quantitative estimate of drug-likeness (QED) is 0.798. The molecule has 0 saturated carbocycles. The average molecular weight is 280 g/mol. The average Bonchev–Trinajstić information content (AvgIpc) is 2.88. The van der Waals surface area contributed by atoms with Gasteiger partial charge < -0.3 is 10.6 Å². The highest BCUT2D eigenvalue weighted by atomic mass is 35.5. The maximum absolute atomic E-state index is 12.5. The zero-order valence-electron chi connectivity index (χ0n) is 10.8. The Morgan fingerprint density at radius 3 is 2.95 bits per heavy atom. The van der Waals surface area contributed by atoms with E-state index in [2.05, 4.69) is 4.90 Å². The lowest BCUT2D eigenvalue weighted by Gasteiger charge is -2.37. The number of nitrogens with zero attached hydrogens (tertiary/aromatic N) is 2. The lowest BCUT2D eigenvalue weighted by molar-refractivity contribution is 0.0571. The molecule has 19 heavy (non-hydrogen) atoms. The van der Waals surface area contributed by atoms with E-state index in [1.54, 1.807) is 18.2 Å². The van der Waals surface area contributed by atoms with Gasteiger partial charge in [0.05, 0.1) is 10.7 Å². The van der Waals surface area contributed by atoms with Crippen LogP contribution in [0.4, 0.5) is 5.69 Å². The topological polar surface area (TPSA) is 49.6 Å². The van der Waals surface area contributed by atoms with Gasteiger partial charge >= 0.3 is 0 Å². The molecule has 102 valence electrons. The molecule has 2 aliphatic rings. The Kier molecular flexibility index (Phi) is 3.37. The van der Waals surface area contributed by atoms with Crippen molar-refractivity contribution in [2.75, 3.05) is 31.9 Å². The molecule has 1 unspecified atom stereocenters. The van der Waals surface area contributed by atoms with Gasteiger partial charge in [0, 0.05) is 31.2 Å². The summed E-state index contributed by atoms with van der Waals surface area (Å²) in [5.74, 6) is 0.0634. The number of rotatable bonds is 1. The molecule has 0 bridgehead atoms. The molecule has 0 spiro atoms. The third-order valence-electron chi connectivity index (χ3n) is 4.12. The van der Waals surface area contributed by atoms with Gasteiger partial charge in [-0.15, -0.1) is 0 Å². The van der Waals surface area contributed by atoms with E-state index in [1.807, 2.05) is 4.90 Å². The molecule has 0 aromatic heterocycles. The van der Waals surface area contributed by atoms with Crippen LogP contribution in [0.2, 0.25) is 5.02 Å². The fraction of sp³-hybridized carbons (Fsp3) is 0.500. The zero-order valence-corrected chi connectivity index (χ0v) is 11.6. The second kappa shape index (κ2) is 5.02. The minimum Gasteiger partial charge on any atom is -0.398 e. The third-order valence-corrected chi connectivity index (χ3v) is 4.45. The summed E-state index contributed by atoms with van der Waals surface area (Å²) in [4.78, 5) is 16.9. The molecular weight excluding hydrogens is 262 g/mol. The van der Waals surface area contributed by atoms with E-state index >= 15 is 0 Å². The SMILES string of the molecule is Nc1ccc(C(=O)N2CCN3CCCC3C2)cc1Cl. The van der Waals surface area contributed by atoms with Crippen LogP contribution < -0.4 is 5.73 Å². The van der Waals surface area contributed by atoms with Crippen molar-refractivity contribution in [2.24, 2.45) is 0 Å². The first-order chi connectivity index (χ1) is 9.15. The summed E-state index contributed by atoms with van der Waals surface area (Å²) in [6, 6.07) is 5.66. The second-order valence-corrected chi connectivity index (χ2v) is 5.73. The summed E-state index contributed by atoms with van der Waals surface area (Å²) in [5, 5.41) is 0.449. The molecule has 2 saturated heterocycles. The summed E-state index contributed by atoms with van der Waals surface area (Å²) in [6.07, 6.45) is 2.45. The number of nitrogens with two attached hydrogens (primary N) is 1. The summed E-state index contributed by atoms with van der Waals surface area (Å²) in [5.41, 5.74) is 6.82. The van der Waals surface area contributed by atoms with E-state index in [0.717, 1.165) is 19.6 Å². The van der Waals surface area contributed by atoms with Gasteiger partial charge in [-0.3, -0.25) is 9.69 Å². The largest absolute Gasteiger partial charge is 0.398 e. The molecule has 1 atom stereocenters. The molecule has 3 rings (SSSR count). The van der Waals surface area contributed by atoms with Gasteiger partial charge in [0.1, 0.15) is 0 Å². The molecular formula is C14H18ClN3O. The van der Waals surface area contributed by atoms with Crippen LogP contribution in [0.15, 0.2) is 18.2 Å². The van der Waals surface area contributed by atoms with Gasteiger partial charge in [0.2, 0.25) is 0 Å². The minimum atomic E-state index is 0.0634. The van der Waals surface area contributed by atoms with Crippen molar-refractivity contribution in [3.8, 4) is 0 Å². The summed E-state index contributed by atoms with van der Waals surface area (Å²) in [6.45, 7) is 3.80. The molecule has 2 heterocycles. The van der Waals surface area contributed by atoms with Crippen molar-refractivity contribution >= 4 is 23.2 Å². The van der Waals surface area contributed by atoms with Crippen molar-refractivity contribution in [1.82, 2.24) is 9.80 Å². The fourth-order valence-corrected chi connectivity index (χ4v) is 3.20. The lowest BCUT2D eigenvalue weighted by Crippen LogP contribution is -2.52. The number of anilines is 1. The van der Waals surface area contributed by atoms with Gasteiger partial charge in [-0.05, 0) is 37.6 Å². The number of carbonyl (C=O) groups excluding carboxylic acids is 1. The van der Waals surface area contributed by atoms with Gasteiger partial charge in [0.15, 0.2) is 0 Å². The number of halogens is 1. The van der Waals surface area contributed by atoms with E-state index in [4.69, 9.17) is 17.3 Å². The highest BCUT2D eigenvalue weighted by molar-refractivity contribution is 6.33. The first-order valence-electron chi connectivity index (χ1n) is 6.73. The first-order valence-corrected chi connectivity index (χ1v) is 7.11. The van der Waals surface area contributed by atoms with Crippen LogP contribution >= 0.6 is 11.6 Å². The predicted molar refractivity (Wildman–Crippen MR) is 76.4 cm³/mol. The highest BCUT2D eigenvalue weighted by Crippen LogP contribution is 2.24. The molecule has 1 amide bonds. The number of carbonyl (C=O) groups is 1. The Hall–Kier alpha value is -1.26. The van der Waals surface area contributed by atoms with E-state index in [-0.39, 0.29) is 5.91 Å². The number of hydrogen-bond acceptors (Lipinski definition) is 3. The zero-order chi connectivity index (χ0) is 13.4. The van der Waals surface area contributed by atoms with Gasteiger partial charge in [-0.25, -0.2) is 0 Å². The molecule has 2 N–H and O–H groups in total. The van der Waals surface area contributed by atoms with E-state index in [1.165, 1.54) is 19.4 Å². The Balaban J connectivity index is 1.74. The van der Waals surface area contributed by atoms with Gasteiger partial charge in [-0.2, -0.15) is 0 Å². The predicted octanol–water partition coefficient (Wildman–Crippen LogP) is 1.84. The number of piperazine rings is 1. The van der Waals surface area contributed by atoms with Crippen LogP contribution in [0, 0.1) is 0 Å². The molecule has 5 heteroatoms. The molecule has 1 aromatic carbocycles. The smallest absolute Gasteiger partial charge is 0.254 e. The second-order valence-electron chi connectivity index (χ2n) is 5.32. The number of hydrogen-bond donors (Lipinski definition) is 1. The van der Waals surface area contributed by atoms with Crippen LogP contribution in [-0.2, 0) is 0 Å². The first kappa shape index (κ1) is 12.8. The number of nitrogen functional groups attached to an aromatic ring is 1. The van der Waals surface area contributed by atoms with Crippen molar-refractivity contribution in [3.05, 3.63) is 28.8 Å². The lowest BCUT2D eigenvalue weighted by atomic mass is 10.1. The molecule has 0 aliphatic carbocycles. The van der Waals surface area contributed by atoms with Crippen LogP contribution in [0.3, 0.4) is 0 Å². The van der Waals surface area contributed by atoms with Gasteiger partial charge in [0.25, 0.3) is 5.91 Å². The van der Waals surface area contributed by atoms with Crippen molar-refractivity contribution in [3.63, 3.8) is 0 Å². The Labute approximate surface area is 118 Å². The van der Waals surface area contributed by atoms with E-state index < -0.39 is 0 Å².